The fourth-order valence-corrected chi connectivity index (χ4v) is 4.55. The van der Waals surface area contributed by atoms with Gasteiger partial charge in [-0.3, -0.25) is 9.59 Å². The van der Waals surface area contributed by atoms with Crippen molar-refractivity contribution in [1.82, 2.24) is 14.7 Å². The van der Waals surface area contributed by atoms with Gasteiger partial charge in [-0.05, 0) is 43.9 Å². The van der Waals surface area contributed by atoms with Gasteiger partial charge in [-0.25, -0.2) is 4.68 Å². The zero-order valence-corrected chi connectivity index (χ0v) is 18.2. The molecule has 2 aliphatic heterocycles. The molecule has 1 atom stereocenters. The monoisotopic (exact) mass is 409 g/mol. The maximum atomic E-state index is 13.2. The minimum Gasteiger partial charge on any atom is -0.369 e. The maximum absolute atomic E-state index is 13.2. The lowest BCUT2D eigenvalue weighted by Gasteiger charge is -2.40. The van der Waals surface area contributed by atoms with Crippen LogP contribution in [0.4, 0.5) is 11.4 Å². The molecule has 0 unspecified atom stereocenters. The van der Waals surface area contributed by atoms with Crippen LogP contribution < -0.4 is 15.4 Å². The van der Waals surface area contributed by atoms with Crippen LogP contribution in [0.25, 0.3) is 0 Å². The molecule has 1 aromatic carbocycles. The number of benzene rings is 1. The molecule has 0 saturated carbocycles. The summed E-state index contributed by atoms with van der Waals surface area (Å²) in [7, 11) is 1.65. The molecular formula is C23H31N5O2. The van der Waals surface area contributed by atoms with Crippen molar-refractivity contribution in [2.24, 2.45) is 13.0 Å². The second-order valence-corrected chi connectivity index (χ2v) is 8.49. The summed E-state index contributed by atoms with van der Waals surface area (Å²) in [6.07, 6.45) is 3.58. The summed E-state index contributed by atoms with van der Waals surface area (Å²) in [6.45, 7) is 9.09. The number of aryl methyl sites for hydroxylation is 2. The molecule has 0 aliphatic carbocycles. The van der Waals surface area contributed by atoms with Gasteiger partial charge in [0.2, 0.25) is 5.91 Å². The number of rotatable bonds is 3. The van der Waals surface area contributed by atoms with E-state index in [2.05, 4.69) is 46.9 Å². The van der Waals surface area contributed by atoms with Gasteiger partial charge in [0.1, 0.15) is 0 Å². The highest BCUT2D eigenvalue weighted by atomic mass is 16.2. The zero-order chi connectivity index (χ0) is 21.3. The standard InChI is InChI=1S/C23H31N5O2/c1-17-6-4-8-21(18(17)2)26-10-12-27(13-11-26)23(30)19-7-5-9-28(16-19)20-14-22(29)25(3)24-15-20/h4,6,8,14-15,19H,5,7,9-13,16H2,1-3H3/t19-/m0/s1. The van der Waals surface area contributed by atoms with Crippen molar-refractivity contribution in [3.8, 4) is 0 Å². The van der Waals surface area contributed by atoms with Crippen LogP contribution in [0.1, 0.15) is 24.0 Å². The number of piperazine rings is 1. The summed E-state index contributed by atoms with van der Waals surface area (Å²) in [5, 5.41) is 4.13. The Morgan fingerprint density at radius 1 is 1.07 bits per heavy atom. The minimum atomic E-state index is -0.122. The molecule has 7 nitrogen and oxygen atoms in total. The fourth-order valence-electron chi connectivity index (χ4n) is 4.55. The predicted molar refractivity (Wildman–Crippen MR) is 119 cm³/mol. The van der Waals surface area contributed by atoms with Crippen molar-refractivity contribution in [1.29, 1.82) is 0 Å². The van der Waals surface area contributed by atoms with Gasteiger partial charge in [0.25, 0.3) is 5.56 Å². The number of hydrogen-bond acceptors (Lipinski definition) is 5. The van der Waals surface area contributed by atoms with E-state index in [1.54, 1.807) is 19.3 Å². The second kappa shape index (κ2) is 8.50. The molecule has 30 heavy (non-hydrogen) atoms. The topological polar surface area (TPSA) is 61.7 Å². The Bertz CT molecular complexity index is 978. The molecule has 2 aromatic rings. The Hall–Kier alpha value is -2.83. The molecule has 7 heteroatoms. The van der Waals surface area contributed by atoms with Gasteiger partial charge < -0.3 is 14.7 Å². The normalized spacial score (nSPS) is 19.8. The molecule has 0 bridgehead atoms. The van der Waals surface area contributed by atoms with Gasteiger partial charge in [-0.2, -0.15) is 5.10 Å². The highest BCUT2D eigenvalue weighted by Crippen LogP contribution is 2.26. The molecule has 0 radical (unpaired) electrons. The first-order valence-corrected chi connectivity index (χ1v) is 10.8. The molecule has 1 aromatic heterocycles. The number of hydrogen-bond donors (Lipinski definition) is 0. The Labute approximate surface area is 177 Å². The van der Waals surface area contributed by atoms with E-state index in [1.807, 2.05) is 4.90 Å². The van der Waals surface area contributed by atoms with E-state index >= 15 is 0 Å². The van der Waals surface area contributed by atoms with Gasteiger partial charge in [-0.1, -0.05) is 12.1 Å². The van der Waals surface area contributed by atoms with Gasteiger partial charge in [0, 0.05) is 58.1 Å². The van der Waals surface area contributed by atoms with E-state index in [-0.39, 0.29) is 17.4 Å². The molecule has 2 saturated heterocycles. The number of aromatic nitrogens is 2. The first-order valence-electron chi connectivity index (χ1n) is 10.8. The van der Waals surface area contributed by atoms with Crippen LogP contribution in [-0.2, 0) is 11.8 Å². The number of amides is 1. The van der Waals surface area contributed by atoms with Gasteiger partial charge in [-0.15, -0.1) is 0 Å². The van der Waals surface area contributed by atoms with Crippen molar-refractivity contribution in [2.75, 3.05) is 49.1 Å². The van der Waals surface area contributed by atoms with Crippen LogP contribution in [0.2, 0.25) is 0 Å². The Morgan fingerprint density at radius 3 is 2.57 bits per heavy atom. The van der Waals surface area contributed by atoms with Crippen LogP contribution in [0.15, 0.2) is 35.3 Å². The van der Waals surface area contributed by atoms with Crippen molar-refractivity contribution in [3.05, 3.63) is 51.9 Å². The summed E-state index contributed by atoms with van der Waals surface area (Å²) >= 11 is 0. The number of anilines is 2. The van der Waals surface area contributed by atoms with Crippen molar-refractivity contribution in [3.63, 3.8) is 0 Å². The summed E-state index contributed by atoms with van der Waals surface area (Å²) in [5.41, 5.74) is 4.60. The van der Waals surface area contributed by atoms with E-state index in [1.165, 1.54) is 21.5 Å². The van der Waals surface area contributed by atoms with Crippen molar-refractivity contribution < 1.29 is 4.79 Å². The highest BCUT2D eigenvalue weighted by molar-refractivity contribution is 5.80. The maximum Gasteiger partial charge on any atom is 0.268 e. The summed E-state index contributed by atoms with van der Waals surface area (Å²) in [4.78, 5) is 31.7. The first-order chi connectivity index (χ1) is 14.4. The van der Waals surface area contributed by atoms with Gasteiger partial charge in [0.05, 0.1) is 17.8 Å². The van der Waals surface area contributed by atoms with E-state index in [0.29, 0.717) is 6.54 Å². The predicted octanol–water partition coefficient (Wildman–Crippen LogP) is 1.96. The second-order valence-electron chi connectivity index (χ2n) is 8.49. The van der Waals surface area contributed by atoms with Crippen molar-refractivity contribution in [2.45, 2.75) is 26.7 Å². The third-order valence-corrected chi connectivity index (χ3v) is 6.60. The van der Waals surface area contributed by atoms with E-state index in [4.69, 9.17) is 0 Å². The quantitative estimate of drug-likeness (QED) is 0.776. The lowest BCUT2D eigenvalue weighted by Crippen LogP contribution is -2.52. The molecule has 1 amide bonds. The van der Waals surface area contributed by atoms with Gasteiger partial charge in [0.15, 0.2) is 0 Å². The molecule has 3 heterocycles. The Balaban J connectivity index is 1.38. The van der Waals surface area contributed by atoms with Crippen LogP contribution in [-0.4, -0.2) is 59.9 Å². The third kappa shape index (κ3) is 4.06. The molecule has 0 N–H and O–H groups in total. The summed E-state index contributed by atoms with van der Waals surface area (Å²) < 4.78 is 1.32. The van der Waals surface area contributed by atoms with Crippen LogP contribution in [0.3, 0.4) is 0 Å². The van der Waals surface area contributed by atoms with Crippen LogP contribution in [0.5, 0.6) is 0 Å². The largest absolute Gasteiger partial charge is 0.369 e. The molecule has 160 valence electrons. The zero-order valence-electron chi connectivity index (χ0n) is 18.2. The highest BCUT2D eigenvalue weighted by Gasteiger charge is 2.31. The van der Waals surface area contributed by atoms with Crippen LogP contribution >= 0.6 is 0 Å². The van der Waals surface area contributed by atoms with Crippen molar-refractivity contribution >= 4 is 17.3 Å². The first kappa shape index (κ1) is 20.4. The number of piperidine rings is 1. The number of carbonyl (C=O) groups excluding carboxylic acids is 1. The Morgan fingerprint density at radius 2 is 1.83 bits per heavy atom. The number of carbonyl (C=O) groups is 1. The van der Waals surface area contributed by atoms with E-state index in [0.717, 1.165) is 51.3 Å². The molecule has 0 spiro atoms. The number of nitrogens with zero attached hydrogens (tertiary/aromatic N) is 5. The average molecular weight is 410 g/mol. The summed E-state index contributed by atoms with van der Waals surface area (Å²) in [6, 6.07) is 8.04. The van der Waals surface area contributed by atoms with Crippen LogP contribution in [0, 0.1) is 19.8 Å². The SMILES string of the molecule is Cc1cccc(N2CCN(C(=O)[C@H]3CCCN(c4cnn(C)c(=O)c4)C3)CC2)c1C. The minimum absolute atomic E-state index is 0.0185. The lowest BCUT2D eigenvalue weighted by molar-refractivity contribution is -0.136. The Kier molecular flexibility index (Phi) is 5.79. The molecule has 2 fully saturated rings. The van der Waals surface area contributed by atoms with E-state index in [9.17, 15) is 9.59 Å². The smallest absolute Gasteiger partial charge is 0.268 e. The molecule has 4 rings (SSSR count). The third-order valence-electron chi connectivity index (χ3n) is 6.60. The molecule has 2 aliphatic rings. The fraction of sp³-hybridized carbons (Fsp3) is 0.522. The lowest BCUT2D eigenvalue weighted by atomic mass is 9.95. The molecular weight excluding hydrogens is 378 g/mol. The average Bonchev–Trinajstić information content (AvgIpc) is 2.77. The summed E-state index contributed by atoms with van der Waals surface area (Å²) in [5.74, 6) is 0.229. The van der Waals surface area contributed by atoms with E-state index < -0.39 is 0 Å². The van der Waals surface area contributed by atoms with Gasteiger partial charge >= 0.3 is 0 Å².